The molecule has 1 atom stereocenters. The molecule has 0 aliphatic heterocycles. The van der Waals surface area contributed by atoms with Gasteiger partial charge < -0.3 is 4.74 Å². The van der Waals surface area contributed by atoms with Crippen molar-refractivity contribution in [1.82, 2.24) is 14.6 Å². The maximum absolute atomic E-state index is 12.6. The molecule has 2 aromatic heterocycles. The number of aromatic nitrogens is 3. The number of nitrogens with zero attached hydrogens (tertiary/aromatic N) is 3. The fourth-order valence-corrected chi connectivity index (χ4v) is 4.05. The monoisotopic (exact) mass is 367 g/mol. The van der Waals surface area contributed by atoms with Gasteiger partial charge in [0, 0.05) is 5.56 Å². The van der Waals surface area contributed by atoms with Gasteiger partial charge in [0.1, 0.15) is 5.75 Å². The quantitative estimate of drug-likeness (QED) is 0.648. The number of rotatable bonds is 5. The molecule has 0 spiro atoms. The Kier molecular flexibility index (Phi) is 4.84. The van der Waals surface area contributed by atoms with E-state index >= 15 is 0 Å². The average molecular weight is 367 g/mol. The van der Waals surface area contributed by atoms with Crippen LogP contribution in [0.25, 0.3) is 22.4 Å². The molecule has 6 heteroatoms. The van der Waals surface area contributed by atoms with Gasteiger partial charge in [-0.15, -0.1) is 5.10 Å². The van der Waals surface area contributed by atoms with Crippen LogP contribution in [0.15, 0.2) is 41.2 Å². The largest absolute Gasteiger partial charge is 0.494 e. The summed E-state index contributed by atoms with van der Waals surface area (Å²) in [4.78, 5) is 17.8. The summed E-state index contributed by atoms with van der Waals surface area (Å²) in [6.45, 7) is 2.78. The highest BCUT2D eigenvalue weighted by Gasteiger charge is 2.14. The molecule has 1 unspecified atom stereocenters. The first kappa shape index (κ1) is 17.0. The number of hydrogen-bond acceptors (Lipinski definition) is 5. The third-order valence-electron chi connectivity index (χ3n) is 4.46. The van der Waals surface area contributed by atoms with Crippen LogP contribution in [0.2, 0.25) is 0 Å². The lowest BCUT2D eigenvalue weighted by molar-refractivity contribution is 0.317. The smallest absolute Gasteiger partial charge is 0.290 e. The van der Waals surface area contributed by atoms with Crippen molar-refractivity contribution in [2.75, 3.05) is 6.61 Å². The van der Waals surface area contributed by atoms with Gasteiger partial charge in [-0.2, -0.15) is 9.50 Å². The maximum atomic E-state index is 12.6. The number of hydrogen-bond donors (Lipinski definition) is 0. The summed E-state index contributed by atoms with van der Waals surface area (Å²) in [5, 5.41) is 4.42. The lowest BCUT2D eigenvalue weighted by atomic mass is 9.94. The summed E-state index contributed by atoms with van der Waals surface area (Å²) in [5.74, 6) is 1.84. The van der Waals surface area contributed by atoms with Crippen molar-refractivity contribution in [3.05, 3.63) is 51.3 Å². The van der Waals surface area contributed by atoms with Crippen molar-refractivity contribution < 1.29 is 4.74 Å². The van der Waals surface area contributed by atoms with Crippen molar-refractivity contribution >= 4 is 22.4 Å². The van der Waals surface area contributed by atoms with Crippen LogP contribution < -0.4 is 14.8 Å². The van der Waals surface area contributed by atoms with Gasteiger partial charge >= 0.3 is 0 Å². The summed E-state index contributed by atoms with van der Waals surface area (Å²) >= 11 is 1.42. The van der Waals surface area contributed by atoms with E-state index in [0.29, 0.717) is 23.3 Å². The van der Waals surface area contributed by atoms with E-state index in [0.717, 1.165) is 41.5 Å². The van der Waals surface area contributed by atoms with Crippen LogP contribution >= 0.6 is 11.3 Å². The molecule has 5 nitrogen and oxygen atoms in total. The van der Waals surface area contributed by atoms with Gasteiger partial charge in [-0.05, 0) is 55.9 Å². The van der Waals surface area contributed by atoms with E-state index in [1.54, 1.807) is 0 Å². The Morgan fingerprint density at radius 3 is 2.85 bits per heavy atom. The van der Waals surface area contributed by atoms with E-state index in [2.05, 4.69) is 35.2 Å². The molecule has 1 aliphatic carbocycles. The topological polar surface area (TPSA) is 56.5 Å². The Hall–Kier alpha value is -2.47. The SMILES string of the molecule is CCCOc1ccc(-c2nc3sc(=CC4CC=CCC4)c(=O)n3n2)cc1. The van der Waals surface area contributed by atoms with Crippen molar-refractivity contribution in [3.63, 3.8) is 0 Å². The minimum Gasteiger partial charge on any atom is -0.494 e. The normalized spacial score (nSPS) is 17.9. The van der Waals surface area contributed by atoms with Gasteiger partial charge in [-0.3, -0.25) is 4.79 Å². The molecule has 0 bridgehead atoms. The van der Waals surface area contributed by atoms with E-state index in [4.69, 9.17) is 4.74 Å². The summed E-state index contributed by atoms with van der Waals surface area (Å²) in [7, 11) is 0. The molecule has 2 heterocycles. The summed E-state index contributed by atoms with van der Waals surface area (Å²) < 4.78 is 7.76. The second-order valence-electron chi connectivity index (χ2n) is 6.49. The Bertz CT molecular complexity index is 1030. The number of ether oxygens (including phenoxy) is 1. The number of thiazole rings is 1. The molecule has 0 saturated carbocycles. The fraction of sp³-hybridized carbons (Fsp3) is 0.350. The number of fused-ring (bicyclic) bond motifs is 1. The predicted octanol–water partition coefficient (Wildman–Crippen LogP) is 3.46. The highest BCUT2D eigenvalue weighted by Crippen LogP contribution is 2.21. The second kappa shape index (κ2) is 7.41. The Labute approximate surface area is 155 Å². The lowest BCUT2D eigenvalue weighted by Gasteiger charge is -2.11. The number of benzene rings is 1. The van der Waals surface area contributed by atoms with Gasteiger partial charge in [0.05, 0.1) is 11.1 Å². The molecule has 0 fully saturated rings. The zero-order chi connectivity index (χ0) is 17.9. The average Bonchev–Trinajstić information content (AvgIpc) is 3.21. The van der Waals surface area contributed by atoms with Gasteiger partial charge in [-0.1, -0.05) is 36.5 Å². The highest BCUT2D eigenvalue weighted by molar-refractivity contribution is 7.15. The van der Waals surface area contributed by atoms with E-state index < -0.39 is 0 Å². The first-order valence-corrected chi connectivity index (χ1v) is 9.86. The third kappa shape index (κ3) is 3.42. The fourth-order valence-electron chi connectivity index (χ4n) is 3.07. The van der Waals surface area contributed by atoms with Gasteiger partial charge in [-0.25, -0.2) is 0 Å². The molecular weight excluding hydrogens is 346 g/mol. The van der Waals surface area contributed by atoms with Crippen LogP contribution in [-0.4, -0.2) is 21.2 Å². The van der Waals surface area contributed by atoms with Crippen LogP contribution in [0.5, 0.6) is 5.75 Å². The molecule has 0 saturated heterocycles. The first-order valence-electron chi connectivity index (χ1n) is 9.04. The molecule has 0 N–H and O–H groups in total. The van der Waals surface area contributed by atoms with Crippen LogP contribution in [0.3, 0.4) is 0 Å². The molecule has 4 rings (SSSR count). The molecule has 0 radical (unpaired) electrons. The Balaban J connectivity index is 1.61. The predicted molar refractivity (Wildman–Crippen MR) is 105 cm³/mol. The van der Waals surface area contributed by atoms with Crippen LogP contribution in [0.1, 0.15) is 32.6 Å². The third-order valence-corrected chi connectivity index (χ3v) is 5.44. The molecular formula is C20H21N3O2S. The van der Waals surface area contributed by atoms with Gasteiger partial charge in [0.25, 0.3) is 5.56 Å². The van der Waals surface area contributed by atoms with E-state index in [9.17, 15) is 4.79 Å². The molecule has 26 heavy (non-hydrogen) atoms. The van der Waals surface area contributed by atoms with Crippen molar-refractivity contribution in [2.45, 2.75) is 32.6 Å². The molecule has 0 amide bonds. The van der Waals surface area contributed by atoms with E-state index in [-0.39, 0.29) is 5.56 Å². The minimum atomic E-state index is -0.0683. The molecule has 134 valence electrons. The van der Waals surface area contributed by atoms with E-state index in [1.165, 1.54) is 15.9 Å². The van der Waals surface area contributed by atoms with E-state index in [1.807, 2.05) is 24.3 Å². The minimum absolute atomic E-state index is 0.0683. The van der Waals surface area contributed by atoms with Crippen molar-refractivity contribution in [2.24, 2.45) is 5.92 Å². The Morgan fingerprint density at radius 2 is 2.15 bits per heavy atom. The first-order chi connectivity index (χ1) is 12.7. The van der Waals surface area contributed by atoms with Crippen molar-refractivity contribution in [3.8, 4) is 17.1 Å². The number of allylic oxidation sites excluding steroid dienone is 2. The van der Waals surface area contributed by atoms with Crippen LogP contribution in [-0.2, 0) is 0 Å². The zero-order valence-corrected chi connectivity index (χ0v) is 15.5. The summed E-state index contributed by atoms with van der Waals surface area (Å²) in [6, 6.07) is 7.68. The summed E-state index contributed by atoms with van der Waals surface area (Å²) in [6.07, 6.45) is 10.6. The standard InChI is InChI=1S/C20H21N3O2S/c1-2-12-25-16-10-8-15(9-11-16)18-21-20-23(22-18)19(24)17(26-20)13-14-6-4-3-5-7-14/h3-4,8-11,13-14H,2,5-7,12H2,1H3. The van der Waals surface area contributed by atoms with Gasteiger partial charge in [0.15, 0.2) is 5.82 Å². The molecule has 3 aromatic rings. The van der Waals surface area contributed by atoms with Gasteiger partial charge in [0.2, 0.25) is 4.96 Å². The van der Waals surface area contributed by atoms with Crippen LogP contribution in [0, 0.1) is 5.92 Å². The lowest BCUT2D eigenvalue weighted by Crippen LogP contribution is -2.25. The Morgan fingerprint density at radius 1 is 1.31 bits per heavy atom. The molecule has 1 aliphatic rings. The highest BCUT2D eigenvalue weighted by atomic mass is 32.1. The van der Waals surface area contributed by atoms with Crippen molar-refractivity contribution in [1.29, 1.82) is 0 Å². The summed E-state index contributed by atoms with van der Waals surface area (Å²) in [5.41, 5.74) is 0.813. The molecule has 1 aromatic carbocycles. The maximum Gasteiger partial charge on any atom is 0.290 e. The second-order valence-corrected chi connectivity index (χ2v) is 7.49. The van der Waals surface area contributed by atoms with Crippen LogP contribution in [0.4, 0.5) is 0 Å². The zero-order valence-electron chi connectivity index (χ0n) is 14.7.